The highest BCUT2D eigenvalue weighted by Gasteiger charge is 2.62. The molecular formula is C34H58O15. The van der Waals surface area contributed by atoms with Gasteiger partial charge in [0, 0.05) is 13.3 Å². The van der Waals surface area contributed by atoms with E-state index in [1.54, 1.807) is 27.7 Å². The molecule has 0 saturated carbocycles. The van der Waals surface area contributed by atoms with Gasteiger partial charge >= 0.3 is 23.9 Å². The van der Waals surface area contributed by atoms with Crippen LogP contribution in [-0.4, -0.2) is 119 Å². The van der Waals surface area contributed by atoms with Gasteiger partial charge in [0.25, 0.3) is 0 Å². The molecule has 0 aromatic carbocycles. The second kappa shape index (κ2) is 21.1. The first-order valence-corrected chi connectivity index (χ1v) is 17.5. The summed E-state index contributed by atoms with van der Waals surface area (Å²) in [6.07, 6.45) is -3.46. The molecule has 9 atom stereocenters. The zero-order valence-electron chi connectivity index (χ0n) is 29.7. The Kier molecular flexibility index (Phi) is 18.4. The Bertz CT molecular complexity index is 1040. The van der Waals surface area contributed by atoms with E-state index in [-0.39, 0.29) is 6.42 Å². The van der Waals surface area contributed by atoms with E-state index < -0.39 is 110 Å². The molecule has 0 amide bonds. The van der Waals surface area contributed by atoms with Crippen LogP contribution in [0.3, 0.4) is 0 Å². The molecule has 0 radical (unpaired) electrons. The number of aliphatic hydroxyl groups excluding tert-OH is 4. The SMILES string of the molecule is CCCCCCCCCCCC(=O)O[C@H]1[C@H](O)[C@@H](CO)O[C@@]1(CO)O[C@H]1O[C@H](CO)[C@@H](OC(=O)C(C)C)[C@H](OC(=O)C(C)C)[C@H]1OC(C)=O. The van der Waals surface area contributed by atoms with Crippen molar-refractivity contribution in [3.8, 4) is 0 Å². The van der Waals surface area contributed by atoms with Crippen LogP contribution in [0.15, 0.2) is 0 Å². The van der Waals surface area contributed by atoms with E-state index in [1.807, 2.05) is 0 Å². The summed E-state index contributed by atoms with van der Waals surface area (Å²) in [6, 6.07) is 0. The van der Waals surface area contributed by atoms with Crippen LogP contribution in [0.4, 0.5) is 0 Å². The fourth-order valence-electron chi connectivity index (χ4n) is 5.64. The van der Waals surface area contributed by atoms with E-state index in [1.165, 1.54) is 25.7 Å². The molecule has 0 aromatic heterocycles. The number of aliphatic hydroxyl groups is 4. The van der Waals surface area contributed by atoms with Crippen molar-refractivity contribution in [3.63, 3.8) is 0 Å². The summed E-state index contributed by atoms with van der Waals surface area (Å²) in [5, 5.41) is 41.8. The number of unbranched alkanes of at least 4 members (excludes halogenated alkanes) is 8. The lowest BCUT2D eigenvalue weighted by molar-refractivity contribution is -0.384. The lowest BCUT2D eigenvalue weighted by atomic mass is 9.97. The molecule has 49 heavy (non-hydrogen) atoms. The van der Waals surface area contributed by atoms with Crippen LogP contribution in [0.25, 0.3) is 0 Å². The van der Waals surface area contributed by atoms with Crippen molar-refractivity contribution in [1.29, 1.82) is 0 Å². The van der Waals surface area contributed by atoms with Crippen LogP contribution >= 0.6 is 0 Å². The fraction of sp³-hybridized carbons (Fsp3) is 0.882. The number of hydrogen-bond acceptors (Lipinski definition) is 15. The molecule has 0 aliphatic carbocycles. The van der Waals surface area contributed by atoms with Gasteiger partial charge in [-0.3, -0.25) is 19.2 Å². The second-order valence-corrected chi connectivity index (χ2v) is 13.3. The number of esters is 4. The lowest BCUT2D eigenvalue weighted by Gasteiger charge is -2.46. The second-order valence-electron chi connectivity index (χ2n) is 13.3. The number of rotatable bonds is 21. The third-order valence-electron chi connectivity index (χ3n) is 8.45. The number of hydrogen-bond donors (Lipinski definition) is 4. The summed E-state index contributed by atoms with van der Waals surface area (Å²) in [5.41, 5.74) is 0. The highest BCUT2D eigenvalue weighted by Crippen LogP contribution is 2.39. The van der Waals surface area contributed by atoms with Gasteiger partial charge in [-0.15, -0.1) is 0 Å². The Hall–Kier alpha value is -2.40. The van der Waals surface area contributed by atoms with E-state index in [0.29, 0.717) is 6.42 Å². The molecule has 2 fully saturated rings. The summed E-state index contributed by atoms with van der Waals surface area (Å²) < 4.78 is 40.0. The van der Waals surface area contributed by atoms with E-state index >= 15 is 0 Å². The van der Waals surface area contributed by atoms with Crippen LogP contribution in [-0.2, 0) is 52.3 Å². The molecule has 2 saturated heterocycles. The van der Waals surface area contributed by atoms with Gasteiger partial charge in [-0.25, -0.2) is 0 Å². The zero-order valence-corrected chi connectivity index (χ0v) is 29.7. The van der Waals surface area contributed by atoms with Crippen LogP contribution in [0.2, 0.25) is 0 Å². The third-order valence-corrected chi connectivity index (χ3v) is 8.45. The zero-order chi connectivity index (χ0) is 36.7. The molecule has 15 heteroatoms. The molecule has 0 aromatic rings. The minimum Gasteiger partial charge on any atom is -0.455 e. The molecule has 284 valence electrons. The van der Waals surface area contributed by atoms with E-state index in [4.69, 9.17) is 33.2 Å². The van der Waals surface area contributed by atoms with Crippen molar-refractivity contribution in [1.82, 2.24) is 0 Å². The number of carbonyl (C=O) groups is 4. The Labute approximate surface area is 288 Å². The van der Waals surface area contributed by atoms with Crippen LogP contribution < -0.4 is 0 Å². The van der Waals surface area contributed by atoms with Crippen molar-refractivity contribution in [2.45, 2.75) is 161 Å². The largest absolute Gasteiger partial charge is 0.455 e. The highest BCUT2D eigenvalue weighted by atomic mass is 16.8. The minimum absolute atomic E-state index is 0.00304. The standard InChI is InChI=1S/C34H58O15/c1-7-8-9-10-11-12-13-14-15-16-25(39)45-30-26(40)23(17-35)48-34(30,19-37)49-33-29(43-22(6)38)28(47-32(42)21(4)5)27(24(18-36)44-33)46-31(41)20(2)3/h20-21,23-24,26-30,33,35-37,40H,7-19H2,1-6H3/t23-,24-,26-,27-,28+,29-,30+,33-,34+/m1/s1. The smallest absolute Gasteiger partial charge is 0.308 e. The molecule has 2 heterocycles. The van der Waals surface area contributed by atoms with Gasteiger partial charge in [0.1, 0.15) is 24.9 Å². The van der Waals surface area contributed by atoms with Crippen molar-refractivity contribution >= 4 is 23.9 Å². The van der Waals surface area contributed by atoms with Crippen molar-refractivity contribution in [2.24, 2.45) is 11.8 Å². The topological polar surface area (TPSA) is 214 Å². The van der Waals surface area contributed by atoms with Crippen molar-refractivity contribution in [2.75, 3.05) is 19.8 Å². The Balaban J connectivity index is 2.33. The average molecular weight is 707 g/mol. The van der Waals surface area contributed by atoms with E-state index in [0.717, 1.165) is 32.6 Å². The highest BCUT2D eigenvalue weighted by molar-refractivity contribution is 5.73. The first-order chi connectivity index (χ1) is 23.2. The molecule has 4 N–H and O–H groups in total. The number of carbonyl (C=O) groups excluding carboxylic acids is 4. The van der Waals surface area contributed by atoms with Gasteiger partial charge in [0.15, 0.2) is 24.4 Å². The molecule has 2 rings (SSSR count). The van der Waals surface area contributed by atoms with Gasteiger partial charge in [-0.05, 0) is 6.42 Å². The predicted molar refractivity (Wildman–Crippen MR) is 171 cm³/mol. The molecule has 0 unspecified atom stereocenters. The summed E-state index contributed by atoms with van der Waals surface area (Å²) in [6.45, 7) is 6.86. The van der Waals surface area contributed by atoms with Crippen LogP contribution in [0, 0.1) is 11.8 Å². The predicted octanol–water partition coefficient (Wildman–Crippen LogP) is 2.06. The normalized spacial score (nSPS) is 30.0. The first-order valence-electron chi connectivity index (χ1n) is 17.5. The average Bonchev–Trinajstić information content (AvgIpc) is 3.31. The Morgan fingerprint density at radius 1 is 0.714 bits per heavy atom. The molecule has 2 aliphatic heterocycles. The number of ether oxygens (including phenoxy) is 7. The molecule has 0 bridgehead atoms. The minimum atomic E-state index is -2.38. The van der Waals surface area contributed by atoms with E-state index in [2.05, 4.69) is 6.92 Å². The van der Waals surface area contributed by atoms with Gasteiger partial charge in [-0.1, -0.05) is 86.0 Å². The van der Waals surface area contributed by atoms with Crippen molar-refractivity contribution in [3.05, 3.63) is 0 Å². The van der Waals surface area contributed by atoms with Crippen LogP contribution in [0.1, 0.15) is 106 Å². The monoisotopic (exact) mass is 706 g/mol. The maximum absolute atomic E-state index is 13.0. The molecule has 15 nitrogen and oxygen atoms in total. The summed E-state index contributed by atoms with van der Waals surface area (Å²) in [7, 11) is 0. The van der Waals surface area contributed by atoms with Gasteiger partial charge in [-0.2, -0.15) is 0 Å². The molecule has 0 spiro atoms. The van der Waals surface area contributed by atoms with Gasteiger partial charge < -0.3 is 53.6 Å². The quantitative estimate of drug-likeness (QED) is 0.0764. The van der Waals surface area contributed by atoms with Gasteiger partial charge in [0.2, 0.25) is 12.1 Å². The first kappa shape index (κ1) is 42.8. The van der Waals surface area contributed by atoms with Crippen molar-refractivity contribution < 1.29 is 72.8 Å². The maximum Gasteiger partial charge on any atom is 0.308 e. The summed E-state index contributed by atoms with van der Waals surface area (Å²) in [5.74, 6) is -6.77. The summed E-state index contributed by atoms with van der Waals surface area (Å²) >= 11 is 0. The molecule has 2 aliphatic rings. The lowest BCUT2D eigenvalue weighted by Crippen LogP contribution is -2.65. The van der Waals surface area contributed by atoms with E-state index in [9.17, 15) is 39.6 Å². The third kappa shape index (κ3) is 12.4. The Morgan fingerprint density at radius 3 is 1.73 bits per heavy atom. The maximum atomic E-state index is 13.0. The Morgan fingerprint density at radius 2 is 1.24 bits per heavy atom. The molecular weight excluding hydrogens is 648 g/mol. The fourth-order valence-corrected chi connectivity index (χ4v) is 5.64. The van der Waals surface area contributed by atoms with Gasteiger partial charge in [0.05, 0.1) is 25.0 Å². The summed E-state index contributed by atoms with van der Waals surface area (Å²) in [4.78, 5) is 50.8. The van der Waals surface area contributed by atoms with Crippen LogP contribution in [0.5, 0.6) is 0 Å².